The number of carbonyl (C=O) groups is 2. The summed E-state index contributed by atoms with van der Waals surface area (Å²) in [6.45, 7) is 3.60. The van der Waals surface area contributed by atoms with Gasteiger partial charge in [-0.15, -0.1) is 0 Å². The smallest absolute Gasteiger partial charge is 0.326 e. The molecule has 3 rings (SSSR count). The number of amides is 2. The van der Waals surface area contributed by atoms with Gasteiger partial charge in [-0.25, -0.2) is 0 Å². The minimum atomic E-state index is -4.59. The van der Waals surface area contributed by atoms with Gasteiger partial charge in [0.25, 0.3) is 0 Å². The van der Waals surface area contributed by atoms with Gasteiger partial charge in [0.1, 0.15) is 5.66 Å². The summed E-state index contributed by atoms with van der Waals surface area (Å²) >= 11 is 0. The fourth-order valence-electron chi connectivity index (χ4n) is 3.83. The molecule has 0 aliphatic rings. The second-order valence-electron chi connectivity index (χ2n) is 8.94. The van der Waals surface area contributed by atoms with Gasteiger partial charge >= 0.3 is 7.60 Å². The number of benzene rings is 3. The van der Waals surface area contributed by atoms with Crippen molar-refractivity contribution >= 4 is 30.8 Å². The zero-order valence-electron chi connectivity index (χ0n) is 19.8. The van der Waals surface area contributed by atoms with Crippen molar-refractivity contribution < 1.29 is 23.9 Å². The van der Waals surface area contributed by atoms with E-state index in [9.17, 15) is 23.9 Å². The second-order valence-corrected chi connectivity index (χ2v) is 10.7. The first-order chi connectivity index (χ1) is 16.6. The molecule has 0 spiro atoms. The van der Waals surface area contributed by atoms with E-state index in [4.69, 9.17) is 0 Å². The normalized spacial score (nSPS) is 13.2. The van der Waals surface area contributed by atoms with Gasteiger partial charge in [-0.3, -0.25) is 14.2 Å². The predicted molar refractivity (Wildman–Crippen MR) is 138 cm³/mol. The summed E-state index contributed by atoms with van der Waals surface area (Å²) in [6, 6.07) is 25.9. The van der Waals surface area contributed by atoms with E-state index in [2.05, 4.69) is 10.6 Å². The van der Waals surface area contributed by atoms with Crippen LogP contribution >= 0.6 is 7.60 Å². The fraction of sp³-hybridized carbons (Fsp3) is 0.259. The third-order valence-electron chi connectivity index (χ3n) is 5.62. The van der Waals surface area contributed by atoms with Crippen LogP contribution in [0.3, 0.4) is 0 Å². The molecule has 0 saturated heterocycles. The molecule has 0 aliphatic heterocycles. The topological polar surface area (TPSA) is 116 Å². The first-order valence-electron chi connectivity index (χ1n) is 11.5. The van der Waals surface area contributed by atoms with E-state index in [0.717, 1.165) is 11.1 Å². The van der Waals surface area contributed by atoms with Gasteiger partial charge in [-0.1, -0.05) is 74.5 Å². The lowest BCUT2D eigenvalue weighted by molar-refractivity contribution is -0.118. The van der Waals surface area contributed by atoms with E-state index >= 15 is 0 Å². The minimum absolute atomic E-state index is 0.0515. The first-order valence-corrected chi connectivity index (χ1v) is 13.2. The van der Waals surface area contributed by atoms with Crippen molar-refractivity contribution in [2.75, 3.05) is 10.6 Å². The number of anilines is 2. The Morgan fingerprint density at radius 2 is 1.26 bits per heavy atom. The van der Waals surface area contributed by atoms with Crippen molar-refractivity contribution in [3.05, 3.63) is 96.1 Å². The molecular weight excluding hydrogens is 463 g/mol. The Kier molecular flexibility index (Phi) is 8.99. The van der Waals surface area contributed by atoms with Crippen molar-refractivity contribution in [3.63, 3.8) is 0 Å². The van der Waals surface area contributed by atoms with Gasteiger partial charge in [0.15, 0.2) is 0 Å². The standard InChI is InChI=1S/C27H31N2O5P/c1-19(2)17-25(35(32,33)34)27(31)29-23-15-13-22(14-16-23)28-26(30)24(21-11-7-4-8-12-21)18-20-9-5-3-6-10-20/h3-16,19,24-25H,17-18H2,1-2H3,(H,28,30)(H,29,31)(H2,32,33,34). The molecule has 184 valence electrons. The van der Waals surface area contributed by atoms with Gasteiger partial charge in [0.05, 0.1) is 5.92 Å². The van der Waals surface area contributed by atoms with Crippen molar-refractivity contribution in [1.29, 1.82) is 0 Å². The van der Waals surface area contributed by atoms with Crippen LogP contribution < -0.4 is 10.6 Å². The molecule has 0 aliphatic carbocycles. The van der Waals surface area contributed by atoms with Gasteiger partial charge < -0.3 is 20.4 Å². The molecular formula is C27H31N2O5P. The summed E-state index contributed by atoms with van der Waals surface area (Å²) in [5, 5.41) is 5.51. The molecule has 35 heavy (non-hydrogen) atoms. The Morgan fingerprint density at radius 1 is 0.771 bits per heavy atom. The summed E-state index contributed by atoms with van der Waals surface area (Å²) < 4.78 is 11.8. The van der Waals surface area contributed by atoms with Crippen molar-refractivity contribution in [2.24, 2.45) is 5.92 Å². The SMILES string of the molecule is CC(C)CC(C(=O)Nc1ccc(NC(=O)C(Cc2ccccc2)c2ccccc2)cc1)P(=O)(O)O. The zero-order valence-corrected chi connectivity index (χ0v) is 20.7. The summed E-state index contributed by atoms with van der Waals surface area (Å²) in [7, 11) is -4.59. The number of rotatable bonds is 10. The number of hydrogen-bond acceptors (Lipinski definition) is 3. The maximum atomic E-state index is 13.2. The van der Waals surface area contributed by atoms with E-state index < -0.39 is 25.1 Å². The molecule has 0 bridgehead atoms. The van der Waals surface area contributed by atoms with Crippen LogP contribution in [0.15, 0.2) is 84.9 Å². The maximum absolute atomic E-state index is 13.2. The molecule has 0 saturated carbocycles. The second kappa shape index (κ2) is 11.9. The predicted octanol–water partition coefficient (Wildman–Crippen LogP) is 5.18. The van der Waals surface area contributed by atoms with Crippen LogP contribution in [0.25, 0.3) is 0 Å². The van der Waals surface area contributed by atoms with Crippen LogP contribution in [0.5, 0.6) is 0 Å². The molecule has 0 fully saturated rings. The highest BCUT2D eigenvalue weighted by atomic mass is 31.2. The Hall–Kier alpha value is -3.25. The maximum Gasteiger partial charge on any atom is 0.337 e. The van der Waals surface area contributed by atoms with Crippen LogP contribution in [0.4, 0.5) is 11.4 Å². The van der Waals surface area contributed by atoms with Crippen molar-refractivity contribution in [2.45, 2.75) is 38.3 Å². The minimum Gasteiger partial charge on any atom is -0.326 e. The molecule has 2 atom stereocenters. The van der Waals surface area contributed by atoms with Crippen LogP contribution in [0.2, 0.25) is 0 Å². The highest BCUT2D eigenvalue weighted by molar-refractivity contribution is 7.53. The first kappa shape index (κ1) is 26.4. The number of nitrogens with one attached hydrogen (secondary N) is 2. The average Bonchev–Trinajstić information content (AvgIpc) is 2.82. The number of carbonyl (C=O) groups excluding carboxylic acids is 2. The van der Waals surface area contributed by atoms with Crippen LogP contribution in [-0.4, -0.2) is 27.3 Å². The average molecular weight is 495 g/mol. The van der Waals surface area contributed by atoms with E-state index in [1.54, 1.807) is 38.1 Å². The highest BCUT2D eigenvalue weighted by Gasteiger charge is 2.36. The lowest BCUT2D eigenvalue weighted by Crippen LogP contribution is -2.29. The van der Waals surface area contributed by atoms with Gasteiger partial charge in [-0.05, 0) is 54.2 Å². The molecule has 4 N–H and O–H groups in total. The van der Waals surface area contributed by atoms with Crippen LogP contribution in [-0.2, 0) is 20.6 Å². The largest absolute Gasteiger partial charge is 0.337 e. The Morgan fingerprint density at radius 3 is 1.74 bits per heavy atom. The molecule has 3 aromatic rings. The Bertz CT molecular complexity index is 1160. The monoisotopic (exact) mass is 494 g/mol. The molecule has 3 aromatic carbocycles. The third kappa shape index (κ3) is 7.89. The molecule has 0 heterocycles. The quantitative estimate of drug-likeness (QED) is 0.290. The van der Waals surface area contributed by atoms with Gasteiger partial charge in [0, 0.05) is 11.4 Å². The fourth-order valence-corrected chi connectivity index (χ4v) is 4.90. The third-order valence-corrected chi connectivity index (χ3v) is 6.88. The Balaban J connectivity index is 1.71. The lowest BCUT2D eigenvalue weighted by Gasteiger charge is -2.20. The van der Waals surface area contributed by atoms with Crippen molar-refractivity contribution in [3.8, 4) is 0 Å². The van der Waals surface area contributed by atoms with E-state index in [-0.39, 0.29) is 18.2 Å². The molecule has 2 unspecified atom stereocenters. The molecule has 2 amide bonds. The molecule has 7 nitrogen and oxygen atoms in total. The summed E-state index contributed by atoms with van der Waals surface area (Å²) in [5.74, 6) is -1.33. The summed E-state index contributed by atoms with van der Waals surface area (Å²) in [4.78, 5) is 44.9. The zero-order chi connectivity index (χ0) is 25.4. The summed E-state index contributed by atoms with van der Waals surface area (Å²) in [6.07, 6.45) is 0.622. The van der Waals surface area contributed by atoms with E-state index in [1.807, 2.05) is 60.7 Å². The Labute approximate surface area is 205 Å². The molecule has 8 heteroatoms. The van der Waals surface area contributed by atoms with Gasteiger partial charge in [0.2, 0.25) is 11.8 Å². The highest BCUT2D eigenvalue weighted by Crippen LogP contribution is 2.44. The lowest BCUT2D eigenvalue weighted by atomic mass is 9.91. The van der Waals surface area contributed by atoms with E-state index in [1.165, 1.54) is 0 Å². The molecule has 0 aromatic heterocycles. The van der Waals surface area contributed by atoms with E-state index in [0.29, 0.717) is 17.8 Å². The van der Waals surface area contributed by atoms with Gasteiger partial charge in [-0.2, -0.15) is 0 Å². The summed E-state index contributed by atoms with van der Waals surface area (Å²) in [5.41, 5.74) is 1.49. The number of hydrogen-bond donors (Lipinski definition) is 4. The molecule has 0 radical (unpaired) electrons. The van der Waals surface area contributed by atoms with Crippen LogP contribution in [0.1, 0.15) is 37.3 Å². The van der Waals surface area contributed by atoms with Crippen LogP contribution in [0, 0.1) is 5.92 Å². The van der Waals surface area contributed by atoms with Crippen molar-refractivity contribution in [1.82, 2.24) is 0 Å².